The average Bonchev–Trinajstić information content (AvgIpc) is 2.24. The molecule has 0 spiro atoms. The molecule has 1 aromatic carbocycles. The number of benzene rings is 1. The van der Waals surface area contributed by atoms with Gasteiger partial charge in [-0.2, -0.15) is 13.2 Å². The predicted octanol–water partition coefficient (Wildman–Crippen LogP) is 3.20. The molecule has 92 valence electrons. The van der Waals surface area contributed by atoms with Crippen molar-refractivity contribution in [1.29, 1.82) is 0 Å². The third-order valence-corrected chi connectivity index (χ3v) is 2.29. The highest BCUT2D eigenvalue weighted by atomic mass is 35.5. The van der Waals surface area contributed by atoms with Crippen LogP contribution in [0.25, 0.3) is 0 Å². The van der Waals surface area contributed by atoms with Gasteiger partial charge < -0.3 is 4.74 Å². The second-order valence-electron chi connectivity index (χ2n) is 3.05. The molecule has 0 amide bonds. The molecule has 0 saturated carbocycles. The van der Waals surface area contributed by atoms with Crippen molar-refractivity contribution in [3.05, 3.63) is 28.3 Å². The number of rotatable bonds is 3. The summed E-state index contributed by atoms with van der Waals surface area (Å²) in [5.41, 5.74) is -1.13. The van der Waals surface area contributed by atoms with Gasteiger partial charge in [-0.05, 0) is 17.7 Å². The monoisotopic (exact) mass is 265 g/mol. The molecule has 0 aliphatic carbocycles. The smallest absolute Gasteiger partial charge is 0.416 e. The van der Waals surface area contributed by atoms with Crippen LogP contribution in [-0.4, -0.2) is 13.2 Å². The van der Waals surface area contributed by atoms with Gasteiger partial charge in [0, 0.05) is 0 Å². The molecule has 1 rings (SSSR count). The van der Waals surface area contributed by atoms with Gasteiger partial charge in [0.25, 0.3) is 0 Å². The minimum atomic E-state index is -4.56. The molecule has 0 fully saturated rings. The van der Waals surface area contributed by atoms with Crippen LogP contribution in [-0.2, 0) is 17.5 Å². The van der Waals surface area contributed by atoms with Crippen molar-refractivity contribution in [1.82, 2.24) is 0 Å². The maximum Gasteiger partial charge on any atom is 0.416 e. The van der Waals surface area contributed by atoms with Crippen molar-refractivity contribution >= 4 is 17.7 Å². The van der Waals surface area contributed by atoms with E-state index in [9.17, 15) is 18.0 Å². The van der Waals surface area contributed by atoms with E-state index in [1.54, 1.807) is 0 Å². The topological polar surface area (TPSA) is 38.7 Å². The highest BCUT2D eigenvalue weighted by Gasteiger charge is 2.34. The highest BCUT2D eigenvalue weighted by molar-refractivity contribution is 6.32. The molecular formula is C10H7ClF3NO2. The van der Waals surface area contributed by atoms with E-state index in [1.165, 1.54) is 13.2 Å². The Labute approximate surface area is 99.9 Å². The molecule has 0 heterocycles. The predicted molar refractivity (Wildman–Crippen MR) is 54.8 cm³/mol. The largest absolute Gasteiger partial charge is 0.495 e. The van der Waals surface area contributed by atoms with Gasteiger partial charge in [-0.15, -0.1) is 0 Å². The molecule has 0 aromatic heterocycles. The summed E-state index contributed by atoms with van der Waals surface area (Å²) in [6.07, 6.45) is -3.39. The number of hydrogen-bond donors (Lipinski definition) is 0. The lowest BCUT2D eigenvalue weighted by Gasteiger charge is -2.13. The molecule has 7 heteroatoms. The molecule has 3 nitrogen and oxygen atoms in total. The van der Waals surface area contributed by atoms with Crippen LogP contribution in [0.3, 0.4) is 0 Å². The number of alkyl halides is 3. The van der Waals surface area contributed by atoms with Gasteiger partial charge in [-0.3, -0.25) is 0 Å². The Morgan fingerprint density at radius 2 is 2.12 bits per heavy atom. The number of carbonyl (C=O) groups excluding carboxylic acids is 1. The zero-order chi connectivity index (χ0) is 13.1. The highest BCUT2D eigenvalue weighted by Crippen LogP contribution is 2.38. The van der Waals surface area contributed by atoms with Crippen LogP contribution in [0.4, 0.5) is 13.2 Å². The van der Waals surface area contributed by atoms with E-state index in [2.05, 4.69) is 4.99 Å². The zero-order valence-corrected chi connectivity index (χ0v) is 9.39. The maximum absolute atomic E-state index is 12.7. The second kappa shape index (κ2) is 5.21. The first-order valence-electron chi connectivity index (χ1n) is 4.37. The fraction of sp³-hybridized carbons (Fsp3) is 0.300. The zero-order valence-electron chi connectivity index (χ0n) is 8.64. The molecule has 0 aliphatic heterocycles. The Morgan fingerprint density at radius 3 is 2.59 bits per heavy atom. The molecule has 0 atom stereocenters. The molecule has 0 unspecified atom stereocenters. The molecule has 17 heavy (non-hydrogen) atoms. The van der Waals surface area contributed by atoms with Gasteiger partial charge in [0.15, 0.2) is 0 Å². The van der Waals surface area contributed by atoms with Crippen LogP contribution in [0.15, 0.2) is 17.1 Å². The standard InChI is InChI=1S/C10H7ClF3NO2/c1-17-9-3-7(10(12,13)14)6(2-8(9)11)4-15-5-16/h2-3H,4H2,1H3. The van der Waals surface area contributed by atoms with Crippen LogP contribution in [0.1, 0.15) is 11.1 Å². The number of isocyanates is 1. The minimum Gasteiger partial charge on any atom is -0.495 e. The maximum atomic E-state index is 12.7. The van der Waals surface area contributed by atoms with Crippen molar-refractivity contribution in [3.63, 3.8) is 0 Å². The second-order valence-corrected chi connectivity index (χ2v) is 3.46. The van der Waals surface area contributed by atoms with Gasteiger partial charge >= 0.3 is 6.18 Å². The van der Waals surface area contributed by atoms with Gasteiger partial charge in [0.2, 0.25) is 6.08 Å². The van der Waals surface area contributed by atoms with Gasteiger partial charge in [-0.25, -0.2) is 9.79 Å². The third-order valence-electron chi connectivity index (χ3n) is 2.00. The quantitative estimate of drug-likeness (QED) is 0.622. The molecular weight excluding hydrogens is 259 g/mol. The van der Waals surface area contributed by atoms with Crippen LogP contribution in [0.5, 0.6) is 5.75 Å². The van der Waals surface area contributed by atoms with Gasteiger partial charge in [0.05, 0.1) is 24.2 Å². The fourth-order valence-electron chi connectivity index (χ4n) is 1.26. The van der Waals surface area contributed by atoms with Crippen molar-refractivity contribution < 1.29 is 22.7 Å². The van der Waals surface area contributed by atoms with Crippen LogP contribution in [0, 0.1) is 0 Å². The summed E-state index contributed by atoms with van der Waals surface area (Å²) >= 11 is 5.70. The lowest BCUT2D eigenvalue weighted by Crippen LogP contribution is -2.09. The molecule has 0 radical (unpaired) electrons. The summed E-state index contributed by atoms with van der Waals surface area (Å²) in [5, 5.41) is 0.0246. The summed E-state index contributed by atoms with van der Waals surface area (Å²) in [4.78, 5) is 13.0. The van der Waals surface area contributed by atoms with Crippen LogP contribution in [0.2, 0.25) is 5.02 Å². The fourth-order valence-corrected chi connectivity index (χ4v) is 1.53. The lowest BCUT2D eigenvalue weighted by atomic mass is 10.1. The minimum absolute atomic E-state index is 0.0246. The van der Waals surface area contributed by atoms with Crippen molar-refractivity contribution in [2.24, 2.45) is 4.99 Å². The first kappa shape index (κ1) is 13.5. The van der Waals surface area contributed by atoms with Gasteiger partial charge in [-0.1, -0.05) is 11.6 Å². The molecule has 0 saturated heterocycles. The van der Waals surface area contributed by atoms with Crippen molar-refractivity contribution in [3.8, 4) is 5.75 Å². The number of halogens is 4. The average molecular weight is 266 g/mol. The Morgan fingerprint density at radius 1 is 1.47 bits per heavy atom. The molecule has 0 N–H and O–H groups in total. The number of hydrogen-bond acceptors (Lipinski definition) is 3. The summed E-state index contributed by atoms with van der Waals surface area (Å²) in [6.45, 7) is -0.429. The van der Waals surface area contributed by atoms with Crippen LogP contribution >= 0.6 is 11.6 Å². The summed E-state index contributed by atoms with van der Waals surface area (Å²) in [5.74, 6) is -0.0853. The van der Waals surface area contributed by atoms with E-state index < -0.39 is 18.3 Å². The SMILES string of the molecule is COc1cc(C(F)(F)F)c(CN=C=O)cc1Cl. The van der Waals surface area contributed by atoms with E-state index >= 15 is 0 Å². The van der Waals surface area contributed by atoms with E-state index in [0.717, 1.165) is 12.1 Å². The van der Waals surface area contributed by atoms with E-state index in [0.29, 0.717) is 0 Å². The summed E-state index contributed by atoms with van der Waals surface area (Å²) in [7, 11) is 1.21. The van der Waals surface area contributed by atoms with E-state index in [4.69, 9.17) is 16.3 Å². The lowest BCUT2D eigenvalue weighted by molar-refractivity contribution is -0.138. The number of nitrogens with zero attached hydrogens (tertiary/aromatic N) is 1. The van der Waals surface area contributed by atoms with Crippen LogP contribution < -0.4 is 4.74 Å². The third kappa shape index (κ3) is 3.22. The van der Waals surface area contributed by atoms with E-state index in [1.807, 2.05) is 0 Å². The Kier molecular flexibility index (Phi) is 4.15. The summed E-state index contributed by atoms with van der Waals surface area (Å²) in [6, 6.07) is 1.85. The first-order valence-corrected chi connectivity index (χ1v) is 4.75. The Hall–Kier alpha value is -1.52. The van der Waals surface area contributed by atoms with Gasteiger partial charge in [0.1, 0.15) is 5.75 Å². The Bertz CT molecular complexity index is 467. The molecule has 0 bridgehead atoms. The number of methoxy groups -OCH3 is 1. The normalized spacial score (nSPS) is 10.9. The first-order chi connectivity index (χ1) is 7.90. The molecule has 0 aliphatic rings. The van der Waals surface area contributed by atoms with Crippen molar-refractivity contribution in [2.75, 3.05) is 7.11 Å². The molecule has 1 aromatic rings. The number of aliphatic imine (C=N–C) groups is 1. The Balaban J connectivity index is 3.35. The van der Waals surface area contributed by atoms with E-state index in [-0.39, 0.29) is 16.3 Å². The van der Waals surface area contributed by atoms with Crippen molar-refractivity contribution in [2.45, 2.75) is 12.7 Å². The summed E-state index contributed by atoms with van der Waals surface area (Å²) < 4.78 is 42.8. The number of ether oxygens (including phenoxy) is 1.